The summed E-state index contributed by atoms with van der Waals surface area (Å²) in [5.74, 6) is -0.523. The zero-order valence-electron chi connectivity index (χ0n) is 9.24. The minimum atomic E-state index is -0.523. The van der Waals surface area contributed by atoms with Gasteiger partial charge in [0.2, 0.25) is 0 Å². The van der Waals surface area contributed by atoms with Crippen LogP contribution in [0.5, 0.6) is 0 Å². The van der Waals surface area contributed by atoms with Crippen LogP contribution in [-0.4, -0.2) is 18.1 Å². The normalized spacial score (nSPS) is 10.4. The molecule has 0 radical (unpaired) electrons. The molecule has 0 aliphatic rings. The lowest BCUT2D eigenvalue weighted by Gasteiger charge is -2.04. The summed E-state index contributed by atoms with van der Waals surface area (Å²) in [7, 11) is 1.30. The molecule has 1 heterocycles. The second kappa shape index (κ2) is 5.26. The molecule has 4 nitrogen and oxygen atoms in total. The summed E-state index contributed by atoms with van der Waals surface area (Å²) in [4.78, 5) is 16.3. The Morgan fingerprint density at radius 1 is 1.56 bits per heavy atom. The number of hydrogen-bond acceptors (Lipinski definition) is 5. The van der Waals surface area contributed by atoms with Crippen molar-refractivity contribution in [3.63, 3.8) is 0 Å². The van der Waals surface area contributed by atoms with Crippen molar-refractivity contribution in [1.29, 1.82) is 0 Å². The van der Waals surface area contributed by atoms with Crippen LogP contribution in [-0.2, 0) is 4.74 Å². The minimum Gasteiger partial charge on any atom is -0.464 e. The summed E-state index contributed by atoms with van der Waals surface area (Å²) in [5.41, 5.74) is 6.61. The van der Waals surface area contributed by atoms with Crippen LogP contribution in [0.25, 0.3) is 10.4 Å². The summed E-state index contributed by atoms with van der Waals surface area (Å²) in [5, 5.41) is 0.869. The van der Waals surface area contributed by atoms with Crippen molar-refractivity contribution in [2.24, 2.45) is 0 Å². The molecular formula is C11H8BrClN2O2S. The van der Waals surface area contributed by atoms with E-state index in [-0.39, 0.29) is 5.69 Å². The van der Waals surface area contributed by atoms with Crippen LogP contribution in [0.15, 0.2) is 22.7 Å². The van der Waals surface area contributed by atoms with E-state index in [0.29, 0.717) is 15.0 Å². The van der Waals surface area contributed by atoms with Crippen molar-refractivity contribution in [1.82, 2.24) is 4.98 Å². The molecule has 18 heavy (non-hydrogen) atoms. The van der Waals surface area contributed by atoms with Gasteiger partial charge in [0.1, 0.15) is 0 Å². The van der Waals surface area contributed by atoms with Crippen molar-refractivity contribution in [3.05, 3.63) is 33.4 Å². The third kappa shape index (κ3) is 2.50. The number of carbonyl (C=O) groups excluding carboxylic acids is 1. The summed E-state index contributed by atoms with van der Waals surface area (Å²) >= 11 is 10.6. The third-order valence-electron chi connectivity index (χ3n) is 2.20. The van der Waals surface area contributed by atoms with Crippen molar-refractivity contribution >= 4 is 50.0 Å². The van der Waals surface area contributed by atoms with E-state index in [9.17, 15) is 4.79 Å². The Hall–Kier alpha value is -1.11. The lowest BCUT2D eigenvalue weighted by molar-refractivity contribution is 0.0596. The molecule has 0 amide bonds. The Kier molecular flexibility index (Phi) is 3.89. The van der Waals surface area contributed by atoms with Gasteiger partial charge in [0.25, 0.3) is 0 Å². The summed E-state index contributed by atoms with van der Waals surface area (Å²) in [6, 6.07) is 5.29. The number of aromatic nitrogens is 1. The molecule has 2 rings (SSSR count). The summed E-state index contributed by atoms with van der Waals surface area (Å²) < 4.78 is 5.49. The maximum Gasteiger partial charge on any atom is 0.358 e. The Balaban J connectivity index is 2.63. The molecule has 0 unspecified atom stereocenters. The van der Waals surface area contributed by atoms with E-state index in [1.165, 1.54) is 18.4 Å². The lowest BCUT2D eigenvalue weighted by Crippen LogP contribution is -2.03. The molecule has 7 heteroatoms. The average molecular weight is 348 g/mol. The van der Waals surface area contributed by atoms with E-state index < -0.39 is 5.97 Å². The van der Waals surface area contributed by atoms with Gasteiger partial charge in [-0.25, -0.2) is 9.78 Å². The number of carbonyl (C=O) groups is 1. The molecule has 1 aromatic carbocycles. The first-order valence-corrected chi connectivity index (χ1v) is 6.81. The number of nitrogens with zero attached hydrogens (tertiary/aromatic N) is 1. The smallest absolute Gasteiger partial charge is 0.358 e. The van der Waals surface area contributed by atoms with E-state index in [1.807, 2.05) is 0 Å². The highest BCUT2D eigenvalue weighted by Crippen LogP contribution is 2.38. The highest BCUT2D eigenvalue weighted by atomic mass is 79.9. The maximum atomic E-state index is 11.6. The largest absolute Gasteiger partial charge is 0.464 e. The molecule has 94 valence electrons. The molecule has 0 aliphatic heterocycles. The second-order valence-electron chi connectivity index (χ2n) is 3.35. The number of esters is 1. The van der Waals surface area contributed by atoms with Gasteiger partial charge >= 0.3 is 5.97 Å². The molecule has 0 aliphatic carbocycles. The first kappa shape index (κ1) is 13.3. The predicted octanol–water partition coefficient (Wildman–Crippen LogP) is 3.59. The fraction of sp³-hybridized carbons (Fsp3) is 0.0909. The number of nitrogens with two attached hydrogens (primary N) is 1. The zero-order chi connectivity index (χ0) is 13.3. The van der Waals surface area contributed by atoms with Crippen LogP contribution < -0.4 is 5.73 Å². The first-order valence-electron chi connectivity index (χ1n) is 4.83. The van der Waals surface area contributed by atoms with Gasteiger partial charge in [-0.3, -0.25) is 0 Å². The molecule has 0 atom stereocenters. The van der Waals surface area contributed by atoms with Gasteiger partial charge in [-0.2, -0.15) is 0 Å². The lowest BCUT2D eigenvalue weighted by atomic mass is 10.1. The highest BCUT2D eigenvalue weighted by Gasteiger charge is 2.20. The number of thiazole rings is 1. The molecule has 2 aromatic rings. The van der Waals surface area contributed by atoms with Gasteiger partial charge in [0, 0.05) is 15.1 Å². The van der Waals surface area contributed by atoms with Crippen LogP contribution >= 0.6 is 38.9 Å². The van der Waals surface area contributed by atoms with E-state index in [4.69, 9.17) is 17.3 Å². The Morgan fingerprint density at radius 3 is 2.94 bits per heavy atom. The Bertz CT molecular complexity index is 615. The molecule has 0 fully saturated rings. The molecule has 1 aromatic heterocycles. The SMILES string of the molecule is COC(=O)c1nc(N)sc1-c1cc(Cl)ccc1Br. The van der Waals surface area contributed by atoms with Crippen molar-refractivity contribution in [2.45, 2.75) is 0 Å². The van der Waals surface area contributed by atoms with Crippen molar-refractivity contribution < 1.29 is 9.53 Å². The quantitative estimate of drug-likeness (QED) is 0.843. The van der Waals surface area contributed by atoms with Gasteiger partial charge in [-0.15, -0.1) is 0 Å². The average Bonchev–Trinajstić information content (AvgIpc) is 2.73. The van der Waals surface area contributed by atoms with Crippen LogP contribution in [0.3, 0.4) is 0 Å². The van der Waals surface area contributed by atoms with E-state index >= 15 is 0 Å². The van der Waals surface area contributed by atoms with Crippen molar-refractivity contribution in [3.8, 4) is 10.4 Å². The number of halogens is 2. The highest BCUT2D eigenvalue weighted by molar-refractivity contribution is 9.10. The molecule has 0 saturated heterocycles. The number of methoxy groups -OCH3 is 1. The standard InChI is InChI=1S/C11H8BrClN2O2S/c1-17-10(16)8-9(18-11(14)15-8)6-4-5(13)2-3-7(6)12/h2-4H,1H3,(H2,14,15). The van der Waals surface area contributed by atoms with Gasteiger partial charge in [0.15, 0.2) is 10.8 Å². The van der Waals surface area contributed by atoms with E-state index in [1.54, 1.807) is 18.2 Å². The molecule has 0 spiro atoms. The van der Waals surface area contributed by atoms with Gasteiger partial charge in [-0.1, -0.05) is 38.9 Å². The predicted molar refractivity (Wildman–Crippen MR) is 76.0 cm³/mol. The molecular weight excluding hydrogens is 340 g/mol. The van der Waals surface area contributed by atoms with Gasteiger partial charge < -0.3 is 10.5 Å². The Labute approximate surface area is 121 Å². The third-order valence-corrected chi connectivity index (χ3v) is 4.04. The van der Waals surface area contributed by atoms with Crippen LogP contribution in [0.2, 0.25) is 5.02 Å². The minimum absolute atomic E-state index is 0.197. The Morgan fingerprint density at radius 2 is 2.28 bits per heavy atom. The van der Waals surface area contributed by atoms with Crippen molar-refractivity contribution in [2.75, 3.05) is 12.8 Å². The van der Waals surface area contributed by atoms with Crippen LogP contribution in [0.4, 0.5) is 5.13 Å². The number of hydrogen-bond donors (Lipinski definition) is 1. The number of rotatable bonds is 2. The molecule has 0 bridgehead atoms. The van der Waals surface area contributed by atoms with Gasteiger partial charge in [0.05, 0.1) is 12.0 Å². The van der Waals surface area contributed by atoms with Crippen LogP contribution in [0, 0.1) is 0 Å². The fourth-order valence-electron chi connectivity index (χ4n) is 1.43. The van der Waals surface area contributed by atoms with E-state index in [2.05, 4.69) is 25.7 Å². The van der Waals surface area contributed by atoms with Crippen LogP contribution in [0.1, 0.15) is 10.5 Å². The maximum absolute atomic E-state index is 11.6. The second-order valence-corrected chi connectivity index (χ2v) is 5.67. The molecule has 0 saturated carbocycles. The number of anilines is 1. The zero-order valence-corrected chi connectivity index (χ0v) is 12.4. The summed E-state index contributed by atoms with van der Waals surface area (Å²) in [6.45, 7) is 0. The van der Waals surface area contributed by atoms with E-state index in [0.717, 1.165) is 10.0 Å². The first-order chi connectivity index (χ1) is 8.52. The van der Waals surface area contributed by atoms with Gasteiger partial charge in [-0.05, 0) is 18.2 Å². The topological polar surface area (TPSA) is 65.2 Å². The molecule has 2 N–H and O–H groups in total. The number of nitrogen functional groups attached to an aromatic ring is 1. The monoisotopic (exact) mass is 346 g/mol. The number of ether oxygens (including phenoxy) is 1. The fourth-order valence-corrected chi connectivity index (χ4v) is 3.02. The number of benzene rings is 1. The summed E-state index contributed by atoms with van der Waals surface area (Å²) in [6.07, 6.45) is 0.